The lowest BCUT2D eigenvalue weighted by Gasteiger charge is -2.19. The summed E-state index contributed by atoms with van der Waals surface area (Å²) in [6.07, 6.45) is 6.29. The number of likely N-dealkylation sites (tertiary alicyclic amines) is 1. The number of pyridine rings is 1. The molecule has 0 aliphatic carbocycles. The van der Waals surface area contributed by atoms with Gasteiger partial charge in [0.15, 0.2) is 5.65 Å². The van der Waals surface area contributed by atoms with E-state index in [2.05, 4.69) is 25.5 Å². The number of aromatic amines is 1. The molecule has 1 aliphatic rings. The summed E-state index contributed by atoms with van der Waals surface area (Å²) in [4.78, 5) is 22.8. The van der Waals surface area contributed by atoms with Gasteiger partial charge in [-0.2, -0.15) is 5.10 Å². The SMILES string of the molecule is CC(C)NC(=O)N1CCC(c2[nH]ncc3cnc4nccc4c23)C1. The summed E-state index contributed by atoms with van der Waals surface area (Å²) in [6.45, 7) is 5.38. The van der Waals surface area contributed by atoms with Crippen LogP contribution in [0.4, 0.5) is 4.79 Å². The molecule has 124 valence electrons. The van der Waals surface area contributed by atoms with E-state index in [4.69, 9.17) is 0 Å². The number of nitrogens with one attached hydrogen (secondary N) is 2. The first-order valence-corrected chi connectivity index (χ1v) is 8.25. The molecule has 2 amide bonds. The maximum atomic E-state index is 12.2. The minimum Gasteiger partial charge on any atom is -0.336 e. The van der Waals surface area contributed by atoms with Crippen molar-refractivity contribution in [1.82, 2.24) is 30.4 Å². The molecular formula is C17H20N6O. The second-order valence-electron chi connectivity index (χ2n) is 6.59. The van der Waals surface area contributed by atoms with Gasteiger partial charge in [-0.15, -0.1) is 0 Å². The number of carbonyl (C=O) groups is 1. The summed E-state index contributed by atoms with van der Waals surface area (Å²) in [5.41, 5.74) is 1.81. The predicted octanol–water partition coefficient (Wildman–Crippen LogP) is 2.41. The Balaban J connectivity index is 1.70. The summed E-state index contributed by atoms with van der Waals surface area (Å²) < 4.78 is 0. The van der Waals surface area contributed by atoms with Crippen molar-refractivity contribution in [3.63, 3.8) is 0 Å². The van der Waals surface area contributed by atoms with Crippen LogP contribution in [0.1, 0.15) is 31.9 Å². The molecule has 3 aromatic heterocycles. The van der Waals surface area contributed by atoms with Crippen LogP contribution in [0.3, 0.4) is 0 Å². The number of amides is 2. The number of hydrogen-bond acceptors (Lipinski definition) is 4. The molecule has 4 rings (SSSR count). The molecule has 0 radical (unpaired) electrons. The highest BCUT2D eigenvalue weighted by Gasteiger charge is 2.29. The normalized spacial score (nSPS) is 18.0. The zero-order chi connectivity index (χ0) is 16.7. The first kappa shape index (κ1) is 14.9. The Labute approximate surface area is 139 Å². The Bertz CT molecular complexity index is 902. The fraction of sp³-hybridized carbons (Fsp3) is 0.412. The molecule has 0 bridgehead atoms. The quantitative estimate of drug-likeness (QED) is 0.758. The van der Waals surface area contributed by atoms with Gasteiger partial charge in [0.2, 0.25) is 0 Å². The lowest BCUT2D eigenvalue weighted by molar-refractivity contribution is 0.205. The fourth-order valence-corrected chi connectivity index (χ4v) is 3.41. The van der Waals surface area contributed by atoms with E-state index in [0.717, 1.165) is 40.5 Å². The van der Waals surface area contributed by atoms with Gasteiger partial charge in [0, 0.05) is 59.3 Å². The summed E-state index contributed by atoms with van der Waals surface area (Å²) in [5.74, 6) is 0.236. The van der Waals surface area contributed by atoms with Crippen molar-refractivity contribution in [3.05, 3.63) is 30.4 Å². The third kappa shape index (κ3) is 2.46. The molecule has 4 heterocycles. The van der Waals surface area contributed by atoms with Crippen molar-refractivity contribution in [2.45, 2.75) is 32.2 Å². The molecule has 1 saturated heterocycles. The molecule has 0 saturated carbocycles. The summed E-state index contributed by atoms with van der Waals surface area (Å²) in [5, 5.41) is 13.5. The van der Waals surface area contributed by atoms with Crippen molar-refractivity contribution in [2.24, 2.45) is 0 Å². The molecule has 1 atom stereocenters. The van der Waals surface area contributed by atoms with Crippen LogP contribution in [-0.2, 0) is 0 Å². The van der Waals surface area contributed by atoms with E-state index in [9.17, 15) is 4.79 Å². The van der Waals surface area contributed by atoms with E-state index in [-0.39, 0.29) is 18.0 Å². The second-order valence-corrected chi connectivity index (χ2v) is 6.59. The minimum atomic E-state index is 0.00230. The van der Waals surface area contributed by atoms with Crippen molar-refractivity contribution in [2.75, 3.05) is 13.1 Å². The van der Waals surface area contributed by atoms with Gasteiger partial charge in [-0.25, -0.2) is 14.8 Å². The molecular weight excluding hydrogens is 304 g/mol. The summed E-state index contributed by atoms with van der Waals surface area (Å²) in [7, 11) is 0. The van der Waals surface area contributed by atoms with Gasteiger partial charge in [-0.05, 0) is 26.3 Å². The van der Waals surface area contributed by atoms with E-state index < -0.39 is 0 Å². The molecule has 0 aromatic carbocycles. The molecule has 0 spiro atoms. The number of H-pyrrole nitrogens is 1. The smallest absolute Gasteiger partial charge is 0.317 e. The Morgan fingerprint density at radius 2 is 2.25 bits per heavy atom. The van der Waals surface area contributed by atoms with E-state index in [1.165, 1.54) is 0 Å². The van der Waals surface area contributed by atoms with E-state index in [1.807, 2.05) is 31.0 Å². The van der Waals surface area contributed by atoms with Crippen LogP contribution in [0, 0.1) is 0 Å². The molecule has 1 unspecified atom stereocenters. The van der Waals surface area contributed by atoms with Gasteiger partial charge in [0.05, 0.1) is 6.20 Å². The maximum Gasteiger partial charge on any atom is 0.317 e. The number of hydrogen-bond donors (Lipinski definition) is 2. The highest BCUT2D eigenvalue weighted by molar-refractivity contribution is 6.05. The standard InChI is InChI=1S/C17H20N6O/c1-10(2)21-17(24)23-6-4-11(9-23)15-14-12(8-20-22-15)7-19-16-13(14)3-5-18-16/h3,5,7-8,10-11,22H,4,6,9H2,1-2H3,(H,21,24). The largest absolute Gasteiger partial charge is 0.336 e. The first-order chi connectivity index (χ1) is 11.6. The number of fused-ring (bicyclic) bond motifs is 3. The van der Waals surface area contributed by atoms with Crippen molar-refractivity contribution < 1.29 is 4.79 Å². The molecule has 7 heteroatoms. The van der Waals surface area contributed by atoms with Gasteiger partial charge < -0.3 is 10.2 Å². The van der Waals surface area contributed by atoms with Crippen LogP contribution in [0.2, 0.25) is 0 Å². The average molecular weight is 324 g/mol. The van der Waals surface area contributed by atoms with Crippen LogP contribution < -0.4 is 5.32 Å². The average Bonchev–Trinajstić information content (AvgIpc) is 3.22. The van der Waals surface area contributed by atoms with Crippen molar-refractivity contribution >= 4 is 27.8 Å². The third-order valence-electron chi connectivity index (χ3n) is 4.52. The van der Waals surface area contributed by atoms with Crippen LogP contribution in [0.25, 0.3) is 21.8 Å². The van der Waals surface area contributed by atoms with E-state index in [1.54, 1.807) is 12.4 Å². The Kier molecular flexibility index (Phi) is 3.55. The highest BCUT2D eigenvalue weighted by atomic mass is 16.2. The Hall–Kier alpha value is -2.70. The molecule has 1 fully saturated rings. The Morgan fingerprint density at radius 3 is 3.08 bits per heavy atom. The summed E-state index contributed by atoms with van der Waals surface area (Å²) >= 11 is 0. The molecule has 7 nitrogen and oxygen atoms in total. The van der Waals surface area contributed by atoms with Crippen LogP contribution >= 0.6 is 0 Å². The molecule has 24 heavy (non-hydrogen) atoms. The number of aromatic nitrogens is 4. The maximum absolute atomic E-state index is 12.2. The number of urea groups is 1. The number of rotatable bonds is 2. The van der Waals surface area contributed by atoms with Crippen LogP contribution in [0.5, 0.6) is 0 Å². The van der Waals surface area contributed by atoms with E-state index in [0.29, 0.717) is 6.54 Å². The van der Waals surface area contributed by atoms with E-state index >= 15 is 0 Å². The first-order valence-electron chi connectivity index (χ1n) is 8.25. The van der Waals surface area contributed by atoms with Gasteiger partial charge in [0.25, 0.3) is 0 Å². The molecule has 1 aliphatic heterocycles. The van der Waals surface area contributed by atoms with Crippen molar-refractivity contribution in [3.8, 4) is 0 Å². The summed E-state index contributed by atoms with van der Waals surface area (Å²) in [6, 6.07) is 2.13. The monoisotopic (exact) mass is 324 g/mol. The van der Waals surface area contributed by atoms with Crippen LogP contribution in [0.15, 0.2) is 24.7 Å². The van der Waals surface area contributed by atoms with Gasteiger partial charge >= 0.3 is 6.03 Å². The zero-order valence-corrected chi connectivity index (χ0v) is 13.8. The van der Waals surface area contributed by atoms with Crippen molar-refractivity contribution in [1.29, 1.82) is 0 Å². The van der Waals surface area contributed by atoms with Gasteiger partial charge in [0.1, 0.15) is 0 Å². The topological polar surface area (TPSA) is 86.8 Å². The molecule has 2 N–H and O–H groups in total. The third-order valence-corrected chi connectivity index (χ3v) is 4.52. The number of carbonyl (C=O) groups excluding carboxylic acids is 1. The predicted molar refractivity (Wildman–Crippen MR) is 91.8 cm³/mol. The lowest BCUT2D eigenvalue weighted by atomic mass is 9.98. The Morgan fingerprint density at radius 1 is 1.38 bits per heavy atom. The highest BCUT2D eigenvalue weighted by Crippen LogP contribution is 2.33. The fourth-order valence-electron chi connectivity index (χ4n) is 3.41. The van der Waals surface area contributed by atoms with Gasteiger partial charge in [-0.1, -0.05) is 0 Å². The second kappa shape index (κ2) is 5.74. The zero-order valence-electron chi connectivity index (χ0n) is 13.8. The lowest BCUT2D eigenvalue weighted by Crippen LogP contribution is -2.41. The molecule has 3 aromatic rings. The number of nitrogens with zero attached hydrogens (tertiary/aromatic N) is 4. The minimum absolute atomic E-state index is 0.00230. The van der Waals surface area contributed by atoms with Crippen LogP contribution in [-0.4, -0.2) is 50.2 Å². The van der Waals surface area contributed by atoms with Gasteiger partial charge in [-0.3, -0.25) is 5.10 Å².